The van der Waals surface area contributed by atoms with Crippen molar-refractivity contribution in [3.8, 4) is 22.4 Å². The third-order valence-electron chi connectivity index (χ3n) is 9.99. The molecule has 55 heavy (non-hydrogen) atoms. The summed E-state index contributed by atoms with van der Waals surface area (Å²) < 4.78 is 32.0. The number of amides is 3. The van der Waals surface area contributed by atoms with Crippen molar-refractivity contribution in [3.63, 3.8) is 0 Å². The van der Waals surface area contributed by atoms with Crippen molar-refractivity contribution in [1.29, 1.82) is 0 Å². The van der Waals surface area contributed by atoms with Crippen molar-refractivity contribution in [1.82, 2.24) is 29.5 Å². The van der Waals surface area contributed by atoms with Gasteiger partial charge in [0.15, 0.2) is 24.0 Å². The summed E-state index contributed by atoms with van der Waals surface area (Å²) >= 11 is 6.52. The number of H-pyrrole nitrogens is 1. The smallest absolute Gasteiger partial charge is 0.359 e. The first-order valence-corrected chi connectivity index (χ1v) is 18.3. The van der Waals surface area contributed by atoms with Gasteiger partial charge in [0.2, 0.25) is 5.91 Å². The lowest BCUT2D eigenvalue weighted by molar-refractivity contribution is -0.921. The third kappa shape index (κ3) is 9.36. The number of hydrogen-bond donors (Lipinski definition) is 5. The van der Waals surface area contributed by atoms with E-state index in [-0.39, 0.29) is 81.3 Å². The number of nitrogens with one attached hydrogen (secondary N) is 2. The first-order chi connectivity index (χ1) is 26.3. The van der Waals surface area contributed by atoms with Gasteiger partial charge in [0.25, 0.3) is 11.8 Å². The minimum atomic E-state index is -1.10. The molecule has 3 amide bonds. The maximum atomic E-state index is 15.3. The SMILES string of the molecule is Cc1[nH]ncc1-c1ccc(-c2cnc(C(=O)Nc3ccc(C(=O)N4CCN(C(=O)CC[N+](CCCN)(CCCN)CC(=O)O)CC4)c(Cl)c3)n2C)c(F)c1F. The van der Waals surface area contributed by atoms with E-state index in [2.05, 4.69) is 20.5 Å². The fourth-order valence-corrected chi connectivity index (χ4v) is 7.20. The van der Waals surface area contributed by atoms with Crippen LogP contribution in [0.2, 0.25) is 5.02 Å². The number of carboxylic acids is 1. The number of carboxylic acid groups (broad SMARTS) is 1. The number of imidazole rings is 1. The summed E-state index contributed by atoms with van der Waals surface area (Å²) in [5.74, 6) is -4.28. The lowest BCUT2D eigenvalue weighted by Gasteiger charge is -2.39. The van der Waals surface area contributed by atoms with Gasteiger partial charge in [-0.2, -0.15) is 5.10 Å². The summed E-state index contributed by atoms with van der Waals surface area (Å²) in [5.41, 5.74) is 13.1. The van der Waals surface area contributed by atoms with Gasteiger partial charge in [-0.25, -0.2) is 18.6 Å². The molecule has 1 saturated heterocycles. The van der Waals surface area contributed by atoms with Crippen molar-refractivity contribution < 1.29 is 37.5 Å². The van der Waals surface area contributed by atoms with E-state index in [0.717, 1.165) is 0 Å². The Morgan fingerprint density at radius 3 is 2.16 bits per heavy atom. The first-order valence-electron chi connectivity index (χ1n) is 17.9. The molecule has 2 aromatic heterocycles. The van der Waals surface area contributed by atoms with Crippen LogP contribution in [-0.4, -0.2) is 128 Å². The normalized spacial score (nSPS) is 13.3. The molecular formula is C37H46ClF2N10O5+. The number of hydrogen-bond acceptors (Lipinski definition) is 8. The number of rotatable bonds is 16. The number of piperazine rings is 1. The number of aryl methyl sites for hydroxylation is 1. The molecule has 0 atom stereocenters. The number of aliphatic carboxylic acids is 1. The lowest BCUT2D eigenvalue weighted by Crippen LogP contribution is -2.55. The quantitative estimate of drug-likeness (QED) is 0.106. The van der Waals surface area contributed by atoms with Crippen molar-refractivity contribution in [2.24, 2.45) is 18.5 Å². The zero-order valence-corrected chi connectivity index (χ0v) is 31.5. The Balaban J connectivity index is 1.18. The van der Waals surface area contributed by atoms with Gasteiger partial charge in [-0.05, 0) is 44.3 Å². The van der Waals surface area contributed by atoms with Gasteiger partial charge in [-0.15, -0.1) is 0 Å². The van der Waals surface area contributed by atoms with Crippen LogP contribution in [0.5, 0.6) is 0 Å². The fraction of sp³-hybridized carbons (Fsp3) is 0.405. The molecule has 0 unspecified atom stereocenters. The molecule has 15 nitrogen and oxygen atoms in total. The van der Waals surface area contributed by atoms with Gasteiger partial charge < -0.3 is 40.7 Å². The van der Waals surface area contributed by atoms with Gasteiger partial charge in [0, 0.05) is 74.1 Å². The first kappa shape index (κ1) is 40.9. The van der Waals surface area contributed by atoms with Crippen LogP contribution in [0.1, 0.15) is 45.9 Å². The van der Waals surface area contributed by atoms with Gasteiger partial charge in [-0.3, -0.25) is 19.5 Å². The standard InChI is InChI=1S/C37H45ClF2N10O5/c1-23-28(20-44-46-23)25-7-8-27(34(40)33(25)39)30-21-43-35(47(30)2)36(54)45-24-5-6-26(29(38)19-24)37(55)49-14-12-48(13-15-49)31(51)9-18-50(16-3-10-41,17-4-11-42)22-32(52)53/h5-8,19-21H,3-4,9-18,22,41-42H2,1-2H3,(H2-,44,45,46,52,53,54,55)/p+1. The summed E-state index contributed by atoms with van der Waals surface area (Å²) in [6, 6.07) is 7.29. The number of aromatic nitrogens is 4. The molecule has 18 heteroatoms. The average molecular weight is 784 g/mol. The van der Waals surface area contributed by atoms with Gasteiger partial charge in [0.1, 0.15) is 0 Å². The molecule has 2 aromatic carbocycles. The Morgan fingerprint density at radius 1 is 0.927 bits per heavy atom. The predicted molar refractivity (Wildman–Crippen MR) is 202 cm³/mol. The molecular weight excluding hydrogens is 738 g/mol. The highest BCUT2D eigenvalue weighted by atomic mass is 35.5. The maximum absolute atomic E-state index is 15.3. The van der Waals surface area contributed by atoms with Gasteiger partial charge in [-0.1, -0.05) is 17.7 Å². The Hall–Kier alpha value is -5.23. The molecule has 1 fully saturated rings. The second-order valence-corrected chi connectivity index (χ2v) is 14.1. The maximum Gasteiger partial charge on any atom is 0.359 e. The van der Waals surface area contributed by atoms with Crippen LogP contribution < -0.4 is 16.8 Å². The number of nitrogens with two attached hydrogens (primary N) is 2. The van der Waals surface area contributed by atoms with E-state index in [1.54, 1.807) is 16.7 Å². The van der Waals surface area contributed by atoms with E-state index in [1.165, 1.54) is 54.3 Å². The molecule has 0 saturated carbocycles. The molecule has 0 aliphatic carbocycles. The van der Waals surface area contributed by atoms with E-state index in [0.29, 0.717) is 69.9 Å². The Morgan fingerprint density at radius 2 is 1.56 bits per heavy atom. The zero-order valence-electron chi connectivity index (χ0n) is 30.8. The molecule has 0 spiro atoms. The largest absolute Gasteiger partial charge is 0.477 e. The number of nitrogens with zero attached hydrogens (tertiary/aromatic N) is 6. The number of aromatic amines is 1. The van der Waals surface area contributed by atoms with Gasteiger partial charge in [0.05, 0.1) is 54.7 Å². The molecule has 3 heterocycles. The van der Waals surface area contributed by atoms with Crippen molar-refractivity contribution in [2.45, 2.75) is 26.2 Å². The zero-order chi connectivity index (χ0) is 39.9. The Bertz CT molecular complexity index is 2040. The highest BCUT2D eigenvalue weighted by molar-refractivity contribution is 6.34. The van der Waals surface area contributed by atoms with Crippen LogP contribution in [0.4, 0.5) is 14.5 Å². The topological polar surface area (TPSA) is 206 Å². The highest BCUT2D eigenvalue weighted by Crippen LogP contribution is 2.33. The second kappa shape index (κ2) is 17.9. The van der Waals surface area contributed by atoms with E-state index >= 15 is 8.78 Å². The average Bonchev–Trinajstić information content (AvgIpc) is 3.77. The number of carbonyl (C=O) groups is 4. The van der Waals surface area contributed by atoms with E-state index in [1.807, 2.05) is 0 Å². The number of halogens is 3. The van der Waals surface area contributed by atoms with E-state index in [4.69, 9.17) is 23.1 Å². The summed E-state index contributed by atoms with van der Waals surface area (Å²) in [4.78, 5) is 59.0. The molecule has 7 N–H and O–H groups in total. The molecule has 294 valence electrons. The summed E-state index contributed by atoms with van der Waals surface area (Å²) in [7, 11) is 1.50. The molecule has 5 rings (SSSR count). The monoisotopic (exact) mass is 783 g/mol. The number of carbonyl (C=O) groups excluding carboxylic acids is 3. The molecule has 0 bridgehead atoms. The summed E-state index contributed by atoms with van der Waals surface area (Å²) in [5, 5.41) is 18.9. The Kier molecular flexibility index (Phi) is 13.4. The number of benzene rings is 2. The lowest BCUT2D eigenvalue weighted by atomic mass is 10.0. The molecule has 1 aliphatic heterocycles. The van der Waals surface area contributed by atoms with Crippen LogP contribution >= 0.6 is 11.6 Å². The van der Waals surface area contributed by atoms with Crippen molar-refractivity contribution in [3.05, 3.63) is 76.5 Å². The summed E-state index contributed by atoms with van der Waals surface area (Å²) in [6.07, 6.45) is 4.10. The predicted octanol–water partition coefficient (Wildman–Crippen LogP) is 3.24. The van der Waals surface area contributed by atoms with Crippen LogP contribution in [0.15, 0.2) is 42.7 Å². The fourth-order valence-electron chi connectivity index (χ4n) is 6.93. The minimum Gasteiger partial charge on any atom is -0.477 e. The third-order valence-corrected chi connectivity index (χ3v) is 10.3. The number of anilines is 1. The highest BCUT2D eigenvalue weighted by Gasteiger charge is 2.33. The minimum absolute atomic E-state index is 0.0463. The van der Waals surface area contributed by atoms with Crippen LogP contribution in [0.3, 0.4) is 0 Å². The number of quaternary nitrogens is 1. The molecule has 1 aliphatic rings. The second-order valence-electron chi connectivity index (χ2n) is 13.6. The van der Waals surface area contributed by atoms with Crippen LogP contribution in [0, 0.1) is 18.6 Å². The van der Waals surface area contributed by atoms with Crippen LogP contribution in [-0.2, 0) is 16.6 Å². The van der Waals surface area contributed by atoms with Crippen molar-refractivity contribution >= 4 is 41.0 Å². The molecule has 4 aromatic rings. The molecule has 0 radical (unpaired) electrons. The Labute approximate surface area is 321 Å². The van der Waals surface area contributed by atoms with Crippen LogP contribution in [0.25, 0.3) is 22.4 Å². The van der Waals surface area contributed by atoms with E-state index in [9.17, 15) is 24.3 Å². The summed E-state index contributed by atoms with van der Waals surface area (Å²) in [6.45, 7) is 4.99. The van der Waals surface area contributed by atoms with E-state index < -0.39 is 23.5 Å². The van der Waals surface area contributed by atoms with Crippen molar-refractivity contribution in [2.75, 3.05) is 70.8 Å². The van der Waals surface area contributed by atoms with Gasteiger partial charge >= 0.3 is 5.97 Å².